The molecule has 0 spiro atoms. The standard InChI is InChI=1S/C8H10BrN3O2/c1-2-14-8(13)12-11-5-7-3-6(9)4-10-7/h3-5,10H,2H2,1H3,(H,12,13)/b11-5+. The molecular formula is C8H10BrN3O2. The van der Waals surface area contributed by atoms with Crippen molar-refractivity contribution in [3.63, 3.8) is 0 Å². The first kappa shape index (κ1) is 10.8. The molecule has 0 aliphatic carbocycles. The number of carbonyl (C=O) groups excluding carboxylic acids is 1. The molecule has 0 aliphatic rings. The Morgan fingerprint density at radius 1 is 1.86 bits per heavy atom. The summed E-state index contributed by atoms with van der Waals surface area (Å²) >= 11 is 3.27. The van der Waals surface area contributed by atoms with Crippen molar-refractivity contribution in [3.05, 3.63) is 22.4 Å². The van der Waals surface area contributed by atoms with Gasteiger partial charge in [-0.3, -0.25) is 0 Å². The van der Waals surface area contributed by atoms with Crippen LogP contribution in [0.2, 0.25) is 0 Å². The van der Waals surface area contributed by atoms with Crippen molar-refractivity contribution in [2.75, 3.05) is 6.61 Å². The van der Waals surface area contributed by atoms with Gasteiger partial charge in [0, 0.05) is 10.7 Å². The molecule has 0 saturated carbocycles. The van der Waals surface area contributed by atoms with Gasteiger partial charge in [0.05, 0.1) is 18.5 Å². The van der Waals surface area contributed by atoms with Gasteiger partial charge in [-0.25, -0.2) is 10.2 Å². The third-order valence-electron chi connectivity index (χ3n) is 1.31. The van der Waals surface area contributed by atoms with Gasteiger partial charge in [0.15, 0.2) is 0 Å². The number of nitrogens with one attached hydrogen (secondary N) is 2. The van der Waals surface area contributed by atoms with Crippen molar-refractivity contribution in [2.24, 2.45) is 5.10 Å². The second-order valence-electron chi connectivity index (χ2n) is 2.36. The zero-order valence-electron chi connectivity index (χ0n) is 7.58. The Kier molecular flexibility index (Phi) is 4.18. The highest BCUT2D eigenvalue weighted by molar-refractivity contribution is 9.10. The maximum absolute atomic E-state index is 10.8. The van der Waals surface area contributed by atoms with E-state index in [2.05, 4.69) is 36.2 Å². The lowest BCUT2D eigenvalue weighted by Crippen LogP contribution is -2.18. The zero-order chi connectivity index (χ0) is 10.4. The number of H-pyrrole nitrogens is 1. The van der Waals surface area contributed by atoms with Gasteiger partial charge in [-0.05, 0) is 28.9 Å². The molecule has 0 radical (unpaired) electrons. The van der Waals surface area contributed by atoms with E-state index in [9.17, 15) is 4.79 Å². The predicted octanol–water partition coefficient (Wildman–Crippen LogP) is 1.86. The van der Waals surface area contributed by atoms with Crippen LogP contribution in [0.4, 0.5) is 4.79 Å². The van der Waals surface area contributed by atoms with E-state index >= 15 is 0 Å². The topological polar surface area (TPSA) is 66.5 Å². The fourth-order valence-corrected chi connectivity index (χ4v) is 1.14. The van der Waals surface area contributed by atoms with E-state index in [4.69, 9.17) is 0 Å². The van der Waals surface area contributed by atoms with Gasteiger partial charge >= 0.3 is 6.09 Å². The molecule has 1 rings (SSSR count). The van der Waals surface area contributed by atoms with Crippen molar-refractivity contribution >= 4 is 28.2 Å². The summed E-state index contributed by atoms with van der Waals surface area (Å²) in [5, 5.41) is 3.67. The largest absolute Gasteiger partial charge is 0.449 e. The van der Waals surface area contributed by atoms with Crippen LogP contribution in [0.3, 0.4) is 0 Å². The summed E-state index contributed by atoms with van der Waals surface area (Å²) in [6.45, 7) is 2.06. The summed E-state index contributed by atoms with van der Waals surface area (Å²) in [7, 11) is 0. The number of halogens is 1. The van der Waals surface area contributed by atoms with Crippen molar-refractivity contribution < 1.29 is 9.53 Å². The average Bonchev–Trinajstić information content (AvgIpc) is 2.52. The van der Waals surface area contributed by atoms with Crippen LogP contribution in [0.1, 0.15) is 12.6 Å². The molecule has 76 valence electrons. The molecule has 0 atom stereocenters. The Bertz CT molecular complexity index is 335. The molecule has 0 fully saturated rings. The van der Waals surface area contributed by atoms with Crippen LogP contribution in [-0.2, 0) is 4.74 Å². The molecule has 0 unspecified atom stereocenters. The molecule has 14 heavy (non-hydrogen) atoms. The van der Waals surface area contributed by atoms with E-state index in [0.29, 0.717) is 6.61 Å². The van der Waals surface area contributed by atoms with Gasteiger partial charge in [0.2, 0.25) is 0 Å². The Morgan fingerprint density at radius 3 is 3.21 bits per heavy atom. The molecule has 1 amide bonds. The molecule has 6 heteroatoms. The zero-order valence-corrected chi connectivity index (χ0v) is 9.17. The first-order valence-corrected chi connectivity index (χ1v) is 4.81. The molecule has 0 bridgehead atoms. The number of hydrazone groups is 1. The Morgan fingerprint density at radius 2 is 2.64 bits per heavy atom. The quantitative estimate of drug-likeness (QED) is 0.643. The highest BCUT2D eigenvalue weighted by atomic mass is 79.9. The fourth-order valence-electron chi connectivity index (χ4n) is 0.777. The number of aromatic nitrogens is 1. The summed E-state index contributed by atoms with van der Waals surface area (Å²) in [5.41, 5.74) is 3.00. The van der Waals surface area contributed by atoms with Crippen molar-refractivity contribution in [1.82, 2.24) is 10.4 Å². The van der Waals surface area contributed by atoms with Crippen LogP contribution in [0.15, 0.2) is 21.8 Å². The lowest BCUT2D eigenvalue weighted by Gasteiger charge is -1.97. The van der Waals surface area contributed by atoms with Crippen LogP contribution in [0.25, 0.3) is 0 Å². The van der Waals surface area contributed by atoms with E-state index in [1.54, 1.807) is 13.1 Å². The Hall–Kier alpha value is -1.30. The first-order valence-electron chi connectivity index (χ1n) is 4.02. The molecule has 5 nitrogen and oxygen atoms in total. The number of carbonyl (C=O) groups is 1. The van der Waals surface area contributed by atoms with Crippen molar-refractivity contribution in [2.45, 2.75) is 6.92 Å². The average molecular weight is 260 g/mol. The molecule has 0 aromatic carbocycles. The molecule has 0 saturated heterocycles. The maximum atomic E-state index is 10.8. The highest BCUT2D eigenvalue weighted by Crippen LogP contribution is 2.08. The minimum Gasteiger partial charge on any atom is -0.449 e. The number of rotatable bonds is 3. The van der Waals surface area contributed by atoms with Crippen LogP contribution in [0.5, 0.6) is 0 Å². The summed E-state index contributed by atoms with van der Waals surface area (Å²) in [6.07, 6.45) is 2.70. The van der Waals surface area contributed by atoms with Crippen molar-refractivity contribution in [3.8, 4) is 0 Å². The van der Waals surface area contributed by atoms with Gasteiger partial charge in [-0.15, -0.1) is 0 Å². The van der Waals surface area contributed by atoms with Crippen molar-refractivity contribution in [1.29, 1.82) is 0 Å². The molecule has 1 aromatic heterocycles. The maximum Gasteiger partial charge on any atom is 0.427 e. The van der Waals surface area contributed by atoms with Gasteiger partial charge in [-0.1, -0.05) is 0 Å². The normalized spacial score (nSPS) is 10.4. The smallest absolute Gasteiger partial charge is 0.427 e. The minimum absolute atomic E-state index is 0.329. The van der Waals surface area contributed by atoms with E-state index in [1.165, 1.54) is 6.21 Å². The number of hydrogen-bond donors (Lipinski definition) is 2. The van der Waals surface area contributed by atoms with E-state index in [-0.39, 0.29) is 0 Å². The second-order valence-corrected chi connectivity index (χ2v) is 3.28. The first-order chi connectivity index (χ1) is 6.72. The van der Waals surface area contributed by atoms with E-state index < -0.39 is 6.09 Å². The molecule has 1 aromatic rings. The van der Waals surface area contributed by atoms with Gasteiger partial charge < -0.3 is 9.72 Å². The fraction of sp³-hybridized carbons (Fsp3) is 0.250. The summed E-state index contributed by atoms with van der Waals surface area (Å²) in [5.74, 6) is 0. The lowest BCUT2D eigenvalue weighted by atomic mass is 10.5. The van der Waals surface area contributed by atoms with Gasteiger partial charge in [-0.2, -0.15) is 5.10 Å². The molecule has 2 N–H and O–H groups in total. The summed E-state index contributed by atoms with van der Waals surface area (Å²) < 4.78 is 5.53. The number of nitrogens with zero attached hydrogens (tertiary/aromatic N) is 1. The monoisotopic (exact) mass is 259 g/mol. The molecular weight excluding hydrogens is 250 g/mol. The number of ether oxygens (including phenoxy) is 1. The Balaban J connectivity index is 2.37. The van der Waals surface area contributed by atoms with Gasteiger partial charge in [0.1, 0.15) is 0 Å². The third kappa shape index (κ3) is 3.61. The predicted molar refractivity (Wildman–Crippen MR) is 56.2 cm³/mol. The lowest BCUT2D eigenvalue weighted by molar-refractivity contribution is 0.152. The van der Waals surface area contributed by atoms with E-state index in [0.717, 1.165) is 10.2 Å². The van der Waals surface area contributed by atoms with E-state index in [1.807, 2.05) is 6.07 Å². The van der Waals surface area contributed by atoms with Gasteiger partial charge in [0.25, 0.3) is 0 Å². The summed E-state index contributed by atoms with van der Waals surface area (Å²) in [6, 6.07) is 1.83. The number of hydrogen-bond acceptors (Lipinski definition) is 3. The highest BCUT2D eigenvalue weighted by Gasteiger charge is 1.96. The molecule has 0 aliphatic heterocycles. The van der Waals surface area contributed by atoms with Crippen LogP contribution in [-0.4, -0.2) is 23.9 Å². The second kappa shape index (κ2) is 5.43. The third-order valence-corrected chi connectivity index (χ3v) is 1.76. The van der Waals surface area contributed by atoms with Crippen LogP contribution in [0, 0.1) is 0 Å². The van der Waals surface area contributed by atoms with Crippen LogP contribution >= 0.6 is 15.9 Å². The SMILES string of the molecule is CCOC(=O)N/N=C/c1cc(Br)c[nH]1. The number of aromatic amines is 1. The minimum atomic E-state index is -0.561. The summed E-state index contributed by atoms with van der Waals surface area (Å²) in [4.78, 5) is 13.7. The number of amides is 1. The Labute approximate surface area is 89.7 Å². The molecule has 1 heterocycles. The van der Waals surface area contributed by atoms with Crippen LogP contribution < -0.4 is 5.43 Å².